The first-order chi connectivity index (χ1) is 11.4. The van der Waals surface area contributed by atoms with Crippen LogP contribution in [0.4, 0.5) is 0 Å². The number of aromatic nitrogens is 5. The monoisotopic (exact) mass is 334 g/mol. The molecule has 0 aliphatic carbocycles. The van der Waals surface area contributed by atoms with Gasteiger partial charge in [-0.15, -0.1) is 5.10 Å². The Kier molecular flexibility index (Phi) is 4.69. The van der Waals surface area contributed by atoms with Gasteiger partial charge in [0.25, 0.3) is 0 Å². The van der Waals surface area contributed by atoms with Gasteiger partial charge in [-0.2, -0.15) is 4.98 Å². The first-order valence-electron chi connectivity index (χ1n) is 8.57. The van der Waals surface area contributed by atoms with E-state index in [0.29, 0.717) is 31.1 Å². The molecule has 8 heteroatoms. The average molecular weight is 334 g/mol. The van der Waals surface area contributed by atoms with Gasteiger partial charge in [0.1, 0.15) is 11.3 Å². The number of hydrogen-bond donors (Lipinski definition) is 1. The fraction of sp³-hybridized carbons (Fsp3) is 0.750. The molecule has 132 valence electrons. The highest BCUT2D eigenvalue weighted by atomic mass is 16.5. The average Bonchev–Trinajstić information content (AvgIpc) is 3.16. The summed E-state index contributed by atoms with van der Waals surface area (Å²) in [6.45, 7) is 10.1. The molecule has 2 aromatic rings. The number of likely N-dealkylation sites (tertiary alicyclic amines) is 1. The van der Waals surface area contributed by atoms with Crippen molar-refractivity contribution in [2.24, 2.45) is 0 Å². The second kappa shape index (κ2) is 6.60. The van der Waals surface area contributed by atoms with Gasteiger partial charge in [0.05, 0.1) is 12.7 Å². The van der Waals surface area contributed by atoms with Crippen LogP contribution >= 0.6 is 0 Å². The van der Waals surface area contributed by atoms with Gasteiger partial charge in [0.2, 0.25) is 5.89 Å². The van der Waals surface area contributed by atoms with E-state index in [0.717, 1.165) is 18.8 Å². The van der Waals surface area contributed by atoms with E-state index in [1.807, 2.05) is 33.9 Å². The normalized spacial score (nSPS) is 22.6. The van der Waals surface area contributed by atoms with Crippen molar-refractivity contribution < 1.29 is 9.63 Å². The SMILES string of the molecule is CC(C)c1noc(CN2CCCC(O)(c3cn(C(C)C)nn3)C2)n1. The van der Waals surface area contributed by atoms with Crippen molar-refractivity contribution in [2.45, 2.75) is 64.6 Å². The highest BCUT2D eigenvalue weighted by molar-refractivity contribution is 5.10. The highest BCUT2D eigenvalue weighted by Crippen LogP contribution is 2.31. The Bertz CT molecular complexity index is 680. The minimum absolute atomic E-state index is 0.224. The van der Waals surface area contributed by atoms with E-state index < -0.39 is 5.60 Å². The number of β-amino-alcohol motifs (C(OH)–C–C–N with tert-alkyl or cyclic N) is 1. The molecule has 0 saturated carbocycles. The van der Waals surface area contributed by atoms with Gasteiger partial charge in [-0.05, 0) is 33.2 Å². The molecule has 1 unspecified atom stereocenters. The summed E-state index contributed by atoms with van der Waals surface area (Å²) in [7, 11) is 0. The Morgan fingerprint density at radius 3 is 2.75 bits per heavy atom. The van der Waals surface area contributed by atoms with E-state index in [-0.39, 0.29) is 12.0 Å². The van der Waals surface area contributed by atoms with Crippen molar-refractivity contribution in [1.29, 1.82) is 0 Å². The Morgan fingerprint density at radius 2 is 2.12 bits per heavy atom. The third kappa shape index (κ3) is 3.49. The molecule has 1 atom stereocenters. The Balaban J connectivity index is 1.70. The highest BCUT2D eigenvalue weighted by Gasteiger charge is 2.38. The van der Waals surface area contributed by atoms with Crippen molar-refractivity contribution in [2.75, 3.05) is 13.1 Å². The minimum atomic E-state index is -0.980. The first-order valence-corrected chi connectivity index (χ1v) is 8.57. The van der Waals surface area contributed by atoms with E-state index >= 15 is 0 Å². The van der Waals surface area contributed by atoms with E-state index in [2.05, 4.69) is 25.4 Å². The maximum absolute atomic E-state index is 11.1. The van der Waals surface area contributed by atoms with Crippen LogP contribution in [-0.2, 0) is 12.1 Å². The lowest BCUT2D eigenvalue weighted by Crippen LogP contribution is -2.46. The molecular weight excluding hydrogens is 308 g/mol. The van der Waals surface area contributed by atoms with Crippen molar-refractivity contribution in [3.8, 4) is 0 Å². The molecule has 0 bridgehead atoms. The molecule has 2 aromatic heterocycles. The maximum Gasteiger partial charge on any atom is 0.240 e. The smallest absolute Gasteiger partial charge is 0.240 e. The van der Waals surface area contributed by atoms with E-state index in [1.165, 1.54) is 0 Å². The fourth-order valence-corrected chi connectivity index (χ4v) is 2.97. The molecule has 0 aromatic carbocycles. The summed E-state index contributed by atoms with van der Waals surface area (Å²) in [4.78, 5) is 6.55. The zero-order chi connectivity index (χ0) is 17.3. The van der Waals surface area contributed by atoms with E-state index in [1.54, 1.807) is 4.68 Å². The van der Waals surface area contributed by atoms with Gasteiger partial charge in [-0.3, -0.25) is 4.90 Å². The van der Waals surface area contributed by atoms with Gasteiger partial charge >= 0.3 is 0 Å². The van der Waals surface area contributed by atoms with Crippen LogP contribution in [0.25, 0.3) is 0 Å². The molecule has 8 nitrogen and oxygen atoms in total. The van der Waals surface area contributed by atoms with Crippen LogP contribution in [0.2, 0.25) is 0 Å². The van der Waals surface area contributed by atoms with E-state index in [4.69, 9.17) is 4.52 Å². The quantitative estimate of drug-likeness (QED) is 0.892. The second-order valence-electron chi connectivity index (χ2n) is 7.22. The van der Waals surface area contributed by atoms with Crippen molar-refractivity contribution >= 4 is 0 Å². The zero-order valence-electron chi connectivity index (χ0n) is 14.8. The molecule has 1 aliphatic rings. The number of rotatable bonds is 5. The lowest BCUT2D eigenvalue weighted by molar-refractivity contribution is -0.0436. The predicted octanol–water partition coefficient (Wildman–Crippen LogP) is 1.85. The predicted molar refractivity (Wildman–Crippen MR) is 87.2 cm³/mol. The van der Waals surface area contributed by atoms with E-state index in [9.17, 15) is 5.11 Å². The van der Waals surface area contributed by atoms with Crippen LogP contribution in [0.1, 0.15) is 69.9 Å². The van der Waals surface area contributed by atoms with Crippen LogP contribution in [-0.4, -0.2) is 48.2 Å². The topological polar surface area (TPSA) is 93.1 Å². The maximum atomic E-state index is 11.1. The minimum Gasteiger partial charge on any atom is -0.382 e. The van der Waals surface area contributed by atoms with Crippen LogP contribution in [0, 0.1) is 0 Å². The summed E-state index contributed by atoms with van der Waals surface area (Å²) in [6, 6.07) is 0.224. The third-order valence-corrected chi connectivity index (χ3v) is 4.43. The molecule has 0 spiro atoms. The molecule has 1 aliphatic heterocycles. The van der Waals surface area contributed by atoms with Crippen LogP contribution in [0.15, 0.2) is 10.7 Å². The molecule has 3 heterocycles. The molecule has 0 amide bonds. The molecule has 1 saturated heterocycles. The van der Waals surface area contributed by atoms with Crippen molar-refractivity contribution in [3.63, 3.8) is 0 Å². The Hall–Kier alpha value is -1.80. The van der Waals surface area contributed by atoms with Crippen molar-refractivity contribution in [3.05, 3.63) is 23.6 Å². The number of piperidine rings is 1. The standard InChI is InChI=1S/C16H26N6O2/c1-11(2)15-17-14(24-19-15)9-21-7-5-6-16(23,10-21)13-8-22(12(3)4)20-18-13/h8,11-12,23H,5-7,9-10H2,1-4H3. The molecule has 0 radical (unpaired) electrons. The fourth-order valence-electron chi connectivity index (χ4n) is 2.97. The summed E-state index contributed by atoms with van der Waals surface area (Å²) in [5.74, 6) is 1.55. The number of nitrogens with zero attached hydrogens (tertiary/aromatic N) is 6. The second-order valence-corrected chi connectivity index (χ2v) is 7.22. The van der Waals surface area contributed by atoms with Crippen LogP contribution in [0.3, 0.4) is 0 Å². The molecular formula is C16H26N6O2. The van der Waals surface area contributed by atoms with Crippen LogP contribution in [0.5, 0.6) is 0 Å². The largest absolute Gasteiger partial charge is 0.382 e. The summed E-state index contributed by atoms with van der Waals surface area (Å²) in [5, 5.41) is 23.4. The zero-order valence-corrected chi connectivity index (χ0v) is 14.8. The molecule has 1 fully saturated rings. The lowest BCUT2D eigenvalue weighted by Gasteiger charge is -2.37. The van der Waals surface area contributed by atoms with Crippen LogP contribution < -0.4 is 0 Å². The van der Waals surface area contributed by atoms with Gasteiger partial charge in [-0.25, -0.2) is 4.68 Å². The first kappa shape index (κ1) is 17.0. The van der Waals surface area contributed by atoms with Gasteiger partial charge in [0.15, 0.2) is 5.82 Å². The summed E-state index contributed by atoms with van der Waals surface area (Å²) in [5.41, 5.74) is -0.346. The third-order valence-electron chi connectivity index (χ3n) is 4.43. The number of hydrogen-bond acceptors (Lipinski definition) is 7. The molecule has 1 N–H and O–H groups in total. The lowest BCUT2D eigenvalue weighted by atomic mass is 9.90. The summed E-state index contributed by atoms with van der Waals surface area (Å²) >= 11 is 0. The molecule has 3 rings (SSSR count). The summed E-state index contributed by atoms with van der Waals surface area (Å²) in [6.07, 6.45) is 3.41. The van der Waals surface area contributed by atoms with Gasteiger partial charge in [0, 0.05) is 18.5 Å². The van der Waals surface area contributed by atoms with Crippen molar-refractivity contribution in [1.82, 2.24) is 30.0 Å². The summed E-state index contributed by atoms with van der Waals surface area (Å²) < 4.78 is 7.10. The Morgan fingerprint density at radius 1 is 1.33 bits per heavy atom. The van der Waals surface area contributed by atoms with Gasteiger partial charge < -0.3 is 9.63 Å². The molecule has 24 heavy (non-hydrogen) atoms. The Labute approximate surface area is 141 Å². The van der Waals surface area contributed by atoms with Gasteiger partial charge in [-0.1, -0.05) is 24.2 Å². The number of aliphatic hydroxyl groups is 1.